The highest BCUT2D eigenvalue weighted by Gasteiger charge is 2.28. The van der Waals surface area contributed by atoms with Crippen LogP contribution in [0.15, 0.2) is 53.5 Å². The molecule has 0 radical (unpaired) electrons. The van der Waals surface area contributed by atoms with Gasteiger partial charge in [0.1, 0.15) is 11.2 Å². The van der Waals surface area contributed by atoms with E-state index in [4.69, 9.17) is 9.47 Å². The lowest BCUT2D eigenvalue weighted by Crippen LogP contribution is -2.50. The molecule has 3 heterocycles. The Bertz CT molecular complexity index is 1470. The second-order valence-corrected chi connectivity index (χ2v) is 7.94. The second kappa shape index (κ2) is 8.54. The fourth-order valence-corrected chi connectivity index (χ4v) is 4.27. The summed E-state index contributed by atoms with van der Waals surface area (Å²) in [4.78, 5) is 44.9. The van der Waals surface area contributed by atoms with Crippen LogP contribution >= 0.6 is 0 Å². The van der Waals surface area contributed by atoms with E-state index in [-0.39, 0.29) is 17.4 Å². The summed E-state index contributed by atoms with van der Waals surface area (Å²) in [6.07, 6.45) is 1.47. The number of nitrogens with zero attached hydrogens (tertiary/aromatic N) is 4. The number of carbonyl (C=O) groups excluding carboxylic acids is 2. The summed E-state index contributed by atoms with van der Waals surface area (Å²) in [6.45, 7) is 1.51. The minimum atomic E-state index is -0.275. The number of aromatic nitrogens is 3. The van der Waals surface area contributed by atoms with Crippen molar-refractivity contribution in [3.05, 3.63) is 70.1 Å². The third kappa shape index (κ3) is 3.53. The van der Waals surface area contributed by atoms with E-state index in [1.807, 2.05) is 6.07 Å². The molecule has 0 unspecified atom stereocenters. The van der Waals surface area contributed by atoms with Crippen molar-refractivity contribution in [1.82, 2.24) is 24.4 Å². The van der Waals surface area contributed by atoms with Crippen molar-refractivity contribution in [2.75, 3.05) is 40.4 Å². The van der Waals surface area contributed by atoms with E-state index in [0.29, 0.717) is 65.4 Å². The fourth-order valence-electron chi connectivity index (χ4n) is 4.27. The number of ether oxygens (including phenoxy) is 2. The first-order chi connectivity index (χ1) is 16.5. The van der Waals surface area contributed by atoms with Crippen LogP contribution in [0.3, 0.4) is 0 Å². The molecular formula is C24H23N5O5. The first kappa shape index (κ1) is 21.5. The molecule has 0 aliphatic carbocycles. The number of rotatable bonds is 4. The Hall–Kier alpha value is -4.34. The predicted molar refractivity (Wildman–Crippen MR) is 125 cm³/mol. The molecule has 1 aliphatic rings. The van der Waals surface area contributed by atoms with Gasteiger partial charge in [-0.15, -0.1) is 0 Å². The van der Waals surface area contributed by atoms with Crippen LogP contribution in [0.2, 0.25) is 0 Å². The molecule has 1 aliphatic heterocycles. The van der Waals surface area contributed by atoms with E-state index in [9.17, 15) is 14.4 Å². The van der Waals surface area contributed by atoms with Gasteiger partial charge >= 0.3 is 0 Å². The molecule has 2 aromatic carbocycles. The number of methoxy groups -OCH3 is 2. The highest BCUT2D eigenvalue weighted by molar-refractivity contribution is 6.01. The topological polar surface area (TPSA) is 109 Å². The Morgan fingerprint density at radius 2 is 1.59 bits per heavy atom. The Morgan fingerprint density at radius 3 is 2.29 bits per heavy atom. The summed E-state index contributed by atoms with van der Waals surface area (Å²) in [5.41, 5.74) is 1.53. The first-order valence-corrected chi connectivity index (χ1v) is 10.8. The van der Waals surface area contributed by atoms with Gasteiger partial charge in [0, 0.05) is 31.7 Å². The Morgan fingerprint density at radius 1 is 0.912 bits per heavy atom. The number of benzene rings is 2. The van der Waals surface area contributed by atoms with E-state index in [1.54, 1.807) is 50.7 Å². The van der Waals surface area contributed by atoms with Gasteiger partial charge in [0.2, 0.25) is 0 Å². The molecule has 174 valence electrons. The number of para-hydroxylation sites is 1. The van der Waals surface area contributed by atoms with Gasteiger partial charge < -0.3 is 24.3 Å². The zero-order valence-corrected chi connectivity index (χ0v) is 18.8. The average molecular weight is 461 g/mol. The quantitative estimate of drug-likeness (QED) is 0.496. The lowest BCUT2D eigenvalue weighted by molar-refractivity contribution is 0.0536. The van der Waals surface area contributed by atoms with Gasteiger partial charge in [0.15, 0.2) is 11.5 Å². The number of nitrogens with one attached hydrogen (secondary N) is 1. The van der Waals surface area contributed by atoms with Gasteiger partial charge in [-0.05, 0) is 30.3 Å². The molecule has 1 fully saturated rings. The van der Waals surface area contributed by atoms with E-state index in [1.165, 1.54) is 20.4 Å². The number of piperazine rings is 1. The average Bonchev–Trinajstić information content (AvgIpc) is 3.31. The van der Waals surface area contributed by atoms with Gasteiger partial charge in [-0.2, -0.15) is 5.10 Å². The van der Waals surface area contributed by atoms with E-state index in [2.05, 4.69) is 10.1 Å². The van der Waals surface area contributed by atoms with Crippen molar-refractivity contribution in [3.63, 3.8) is 0 Å². The standard InChI is InChI=1S/C24H23N5O5/c1-33-19-8-7-15(13-20(19)34-2)23(31)27-9-11-28(12-10-27)24(32)17-14-25-29-18-6-4-3-5-16(18)22(30)26-21(17)29/h3-8,13-14H,9-12H2,1-2H3,(H,26,30). The molecule has 1 N–H and O–H groups in total. The van der Waals surface area contributed by atoms with Crippen molar-refractivity contribution in [3.8, 4) is 11.5 Å². The number of amides is 2. The largest absolute Gasteiger partial charge is 0.493 e. The lowest BCUT2D eigenvalue weighted by Gasteiger charge is -2.34. The SMILES string of the molecule is COc1ccc(C(=O)N2CCN(C(=O)c3cnn4c3[nH]c(=O)c3ccccc34)CC2)cc1OC. The molecule has 1 saturated heterocycles. The zero-order valence-electron chi connectivity index (χ0n) is 18.8. The Kier molecular flexibility index (Phi) is 5.40. The maximum atomic E-state index is 13.2. The molecule has 0 saturated carbocycles. The number of aromatic amines is 1. The van der Waals surface area contributed by atoms with Crippen LogP contribution in [0.5, 0.6) is 11.5 Å². The highest BCUT2D eigenvalue weighted by Crippen LogP contribution is 2.28. The lowest BCUT2D eigenvalue weighted by atomic mass is 10.1. The van der Waals surface area contributed by atoms with E-state index < -0.39 is 0 Å². The molecule has 5 rings (SSSR count). The van der Waals surface area contributed by atoms with Crippen LogP contribution in [-0.2, 0) is 0 Å². The highest BCUT2D eigenvalue weighted by atomic mass is 16.5. The molecule has 10 nitrogen and oxygen atoms in total. The summed E-state index contributed by atoms with van der Waals surface area (Å²) in [6, 6.07) is 12.1. The molecule has 10 heteroatoms. The summed E-state index contributed by atoms with van der Waals surface area (Å²) in [7, 11) is 3.06. The Labute approximate surface area is 194 Å². The fraction of sp³-hybridized carbons (Fsp3) is 0.250. The molecule has 2 aromatic heterocycles. The molecule has 0 bridgehead atoms. The minimum absolute atomic E-state index is 0.139. The van der Waals surface area contributed by atoms with Crippen molar-refractivity contribution >= 4 is 28.4 Å². The molecule has 2 amide bonds. The van der Waals surface area contributed by atoms with E-state index in [0.717, 1.165) is 0 Å². The van der Waals surface area contributed by atoms with Crippen molar-refractivity contribution < 1.29 is 19.1 Å². The van der Waals surface area contributed by atoms with Crippen molar-refractivity contribution in [2.45, 2.75) is 0 Å². The summed E-state index contributed by atoms with van der Waals surface area (Å²) in [5, 5.41) is 4.83. The smallest absolute Gasteiger partial charge is 0.259 e. The van der Waals surface area contributed by atoms with Crippen LogP contribution in [0.25, 0.3) is 16.6 Å². The molecule has 0 spiro atoms. The maximum absolute atomic E-state index is 13.2. The molecule has 4 aromatic rings. The van der Waals surface area contributed by atoms with Crippen molar-refractivity contribution in [1.29, 1.82) is 0 Å². The van der Waals surface area contributed by atoms with Crippen molar-refractivity contribution in [2.24, 2.45) is 0 Å². The normalized spacial score (nSPS) is 13.9. The van der Waals surface area contributed by atoms with Crippen LogP contribution in [-0.4, -0.2) is 76.6 Å². The summed E-state index contributed by atoms with van der Waals surface area (Å²) in [5.74, 6) is 0.657. The molecular weight excluding hydrogens is 438 g/mol. The third-order valence-electron chi connectivity index (χ3n) is 6.09. The maximum Gasteiger partial charge on any atom is 0.259 e. The number of hydrogen-bond acceptors (Lipinski definition) is 6. The number of hydrogen-bond donors (Lipinski definition) is 1. The van der Waals surface area contributed by atoms with Gasteiger partial charge in [0.25, 0.3) is 17.4 Å². The summed E-state index contributed by atoms with van der Waals surface area (Å²) >= 11 is 0. The zero-order chi connectivity index (χ0) is 23.8. The monoisotopic (exact) mass is 461 g/mol. The third-order valence-corrected chi connectivity index (χ3v) is 6.09. The predicted octanol–water partition coefficient (Wildman–Crippen LogP) is 1.79. The molecule has 0 atom stereocenters. The minimum Gasteiger partial charge on any atom is -0.493 e. The van der Waals surface area contributed by atoms with Gasteiger partial charge in [-0.3, -0.25) is 14.4 Å². The molecule has 34 heavy (non-hydrogen) atoms. The Balaban J connectivity index is 1.33. The van der Waals surface area contributed by atoms with Crippen LogP contribution in [0, 0.1) is 0 Å². The number of H-pyrrole nitrogens is 1. The van der Waals surface area contributed by atoms with Gasteiger partial charge in [-0.25, -0.2) is 4.52 Å². The van der Waals surface area contributed by atoms with Crippen LogP contribution in [0.1, 0.15) is 20.7 Å². The number of carbonyl (C=O) groups is 2. The number of fused-ring (bicyclic) bond motifs is 3. The van der Waals surface area contributed by atoms with Gasteiger partial charge in [0.05, 0.1) is 31.3 Å². The van der Waals surface area contributed by atoms with Crippen LogP contribution < -0.4 is 15.0 Å². The van der Waals surface area contributed by atoms with E-state index >= 15 is 0 Å². The van der Waals surface area contributed by atoms with Gasteiger partial charge in [-0.1, -0.05) is 12.1 Å². The first-order valence-electron chi connectivity index (χ1n) is 10.8. The van der Waals surface area contributed by atoms with Crippen LogP contribution in [0.4, 0.5) is 0 Å². The summed E-state index contributed by atoms with van der Waals surface area (Å²) < 4.78 is 12.1. The second-order valence-electron chi connectivity index (χ2n) is 7.94.